The van der Waals surface area contributed by atoms with E-state index in [2.05, 4.69) is 20.2 Å². The van der Waals surface area contributed by atoms with Gasteiger partial charge in [-0.1, -0.05) is 41.3 Å². The third kappa shape index (κ3) is 1.78. The highest BCUT2D eigenvalue weighted by Gasteiger charge is 2.10. The SMILES string of the molecule is [B]c1cccc(-c2[nH]nc3ncc(Cl)nc23)c1. The first-order chi connectivity index (χ1) is 8.24. The molecule has 3 aromatic rings. The minimum atomic E-state index is 0.337. The first-order valence-corrected chi connectivity index (χ1v) is 5.34. The molecule has 0 saturated heterocycles. The maximum Gasteiger partial charge on any atom is 0.200 e. The Morgan fingerprint density at radius 2 is 2.18 bits per heavy atom. The average Bonchev–Trinajstić information content (AvgIpc) is 2.71. The maximum absolute atomic E-state index is 5.83. The van der Waals surface area contributed by atoms with Crippen LogP contribution in [-0.2, 0) is 0 Å². The van der Waals surface area contributed by atoms with Crippen molar-refractivity contribution in [3.8, 4) is 11.3 Å². The predicted molar refractivity (Wildman–Crippen MR) is 67.5 cm³/mol. The zero-order chi connectivity index (χ0) is 11.8. The molecule has 1 N–H and O–H groups in total. The Kier molecular flexibility index (Phi) is 2.33. The van der Waals surface area contributed by atoms with Crippen molar-refractivity contribution in [1.29, 1.82) is 0 Å². The molecule has 0 aliphatic heterocycles. The van der Waals surface area contributed by atoms with E-state index < -0.39 is 0 Å². The van der Waals surface area contributed by atoms with Crippen molar-refractivity contribution in [1.82, 2.24) is 20.2 Å². The van der Waals surface area contributed by atoms with Gasteiger partial charge >= 0.3 is 0 Å². The summed E-state index contributed by atoms with van der Waals surface area (Å²) in [5.41, 5.74) is 3.53. The van der Waals surface area contributed by atoms with Crippen LogP contribution in [0.25, 0.3) is 22.4 Å². The Morgan fingerprint density at radius 1 is 1.29 bits per heavy atom. The minimum Gasteiger partial charge on any atom is -0.273 e. The smallest absolute Gasteiger partial charge is 0.200 e. The normalized spacial score (nSPS) is 10.9. The summed E-state index contributed by atoms with van der Waals surface area (Å²) in [6, 6.07) is 7.46. The van der Waals surface area contributed by atoms with Gasteiger partial charge in [0, 0.05) is 5.56 Å². The number of nitrogens with one attached hydrogen (secondary N) is 1. The summed E-state index contributed by atoms with van der Waals surface area (Å²) in [5.74, 6) is 0. The predicted octanol–water partition coefficient (Wildman–Crippen LogP) is 1.47. The van der Waals surface area contributed by atoms with Gasteiger partial charge in [0.2, 0.25) is 0 Å². The second-order valence-corrected chi connectivity index (χ2v) is 3.98. The minimum absolute atomic E-state index is 0.337. The van der Waals surface area contributed by atoms with Crippen molar-refractivity contribution in [2.24, 2.45) is 0 Å². The third-order valence-electron chi connectivity index (χ3n) is 2.41. The van der Waals surface area contributed by atoms with Crippen molar-refractivity contribution in [3.63, 3.8) is 0 Å². The fraction of sp³-hybridized carbons (Fsp3) is 0. The molecule has 0 bridgehead atoms. The van der Waals surface area contributed by atoms with E-state index in [1.165, 1.54) is 6.20 Å². The van der Waals surface area contributed by atoms with Crippen LogP contribution in [0.3, 0.4) is 0 Å². The van der Waals surface area contributed by atoms with Gasteiger partial charge in [-0.3, -0.25) is 5.10 Å². The van der Waals surface area contributed by atoms with Gasteiger partial charge < -0.3 is 0 Å². The van der Waals surface area contributed by atoms with Crippen LogP contribution in [0.1, 0.15) is 0 Å². The molecule has 0 atom stereocenters. The number of rotatable bonds is 1. The highest BCUT2D eigenvalue weighted by molar-refractivity contribution is 6.32. The molecule has 0 aliphatic carbocycles. The number of halogens is 1. The summed E-state index contributed by atoms with van der Waals surface area (Å²) in [7, 11) is 5.74. The van der Waals surface area contributed by atoms with Gasteiger partial charge in [-0.15, -0.1) is 0 Å². The molecule has 80 valence electrons. The standard InChI is InChI=1S/C11H6BClN4/c12-7-3-1-2-6(4-7)9-10-11(17-16-9)14-5-8(13)15-10/h1-5H,(H,14,16,17). The van der Waals surface area contributed by atoms with Crippen molar-refractivity contribution >= 4 is 36.1 Å². The lowest BCUT2D eigenvalue weighted by molar-refractivity contribution is 1.10. The molecule has 2 aromatic heterocycles. The van der Waals surface area contributed by atoms with E-state index in [4.69, 9.17) is 19.4 Å². The summed E-state index contributed by atoms with van der Waals surface area (Å²) in [6.45, 7) is 0. The zero-order valence-corrected chi connectivity index (χ0v) is 9.44. The molecule has 0 aliphatic rings. The van der Waals surface area contributed by atoms with Crippen LogP contribution in [0.5, 0.6) is 0 Å². The van der Waals surface area contributed by atoms with Crippen LogP contribution in [-0.4, -0.2) is 28.0 Å². The maximum atomic E-state index is 5.83. The number of aromatic amines is 1. The van der Waals surface area contributed by atoms with Crippen LogP contribution in [0.2, 0.25) is 5.15 Å². The van der Waals surface area contributed by atoms with E-state index in [1.54, 1.807) is 0 Å². The Labute approximate surface area is 103 Å². The first-order valence-electron chi connectivity index (χ1n) is 4.96. The van der Waals surface area contributed by atoms with Crippen LogP contribution < -0.4 is 5.46 Å². The van der Waals surface area contributed by atoms with E-state index in [-0.39, 0.29) is 0 Å². The van der Waals surface area contributed by atoms with Gasteiger partial charge in [0.1, 0.15) is 18.5 Å². The molecule has 4 nitrogen and oxygen atoms in total. The Hall–Kier alpha value is -1.88. The highest BCUT2D eigenvalue weighted by atomic mass is 35.5. The summed E-state index contributed by atoms with van der Waals surface area (Å²) >= 11 is 5.83. The van der Waals surface area contributed by atoms with Crippen molar-refractivity contribution < 1.29 is 0 Å². The van der Waals surface area contributed by atoms with Gasteiger partial charge in [0.25, 0.3) is 0 Å². The number of fused-ring (bicyclic) bond motifs is 1. The molecule has 1 aromatic carbocycles. The zero-order valence-electron chi connectivity index (χ0n) is 8.68. The average molecular weight is 240 g/mol. The van der Waals surface area contributed by atoms with E-state index in [0.717, 1.165) is 11.3 Å². The van der Waals surface area contributed by atoms with E-state index >= 15 is 0 Å². The van der Waals surface area contributed by atoms with Crippen molar-refractivity contribution in [2.75, 3.05) is 0 Å². The topological polar surface area (TPSA) is 54.5 Å². The molecule has 0 saturated carbocycles. The van der Waals surface area contributed by atoms with E-state index in [9.17, 15) is 0 Å². The van der Waals surface area contributed by atoms with Gasteiger partial charge in [0.15, 0.2) is 5.65 Å². The fourth-order valence-corrected chi connectivity index (χ4v) is 1.80. The summed E-state index contributed by atoms with van der Waals surface area (Å²) in [4.78, 5) is 8.29. The number of hydrogen-bond donors (Lipinski definition) is 1. The van der Waals surface area contributed by atoms with E-state index in [1.807, 2.05) is 24.3 Å². The Balaban J connectivity index is 2.27. The molecule has 0 unspecified atom stereocenters. The Bertz CT molecular complexity index is 695. The van der Waals surface area contributed by atoms with Crippen molar-refractivity contribution in [3.05, 3.63) is 35.6 Å². The summed E-state index contributed by atoms with van der Waals surface area (Å²) in [5, 5.41) is 7.30. The lowest BCUT2D eigenvalue weighted by atomic mass is 9.94. The molecule has 2 heterocycles. The van der Waals surface area contributed by atoms with Gasteiger partial charge in [0.05, 0.1) is 11.9 Å². The molecular formula is C11H6BClN4. The fourth-order valence-electron chi connectivity index (χ4n) is 1.67. The lowest BCUT2D eigenvalue weighted by Gasteiger charge is -1.99. The van der Waals surface area contributed by atoms with Crippen LogP contribution in [0.4, 0.5) is 0 Å². The molecule has 0 fully saturated rings. The van der Waals surface area contributed by atoms with Gasteiger partial charge in [-0.2, -0.15) is 5.10 Å². The van der Waals surface area contributed by atoms with Crippen LogP contribution in [0.15, 0.2) is 30.5 Å². The van der Waals surface area contributed by atoms with Gasteiger partial charge in [-0.05, 0) is 0 Å². The lowest BCUT2D eigenvalue weighted by Crippen LogP contribution is -2.00. The first kappa shape index (κ1) is 10.3. The van der Waals surface area contributed by atoms with Crippen LogP contribution in [0, 0.1) is 0 Å². The van der Waals surface area contributed by atoms with Gasteiger partial charge in [-0.25, -0.2) is 9.97 Å². The second-order valence-electron chi connectivity index (χ2n) is 3.59. The number of benzene rings is 1. The molecular weight excluding hydrogens is 234 g/mol. The Morgan fingerprint density at radius 3 is 3.00 bits per heavy atom. The summed E-state index contributed by atoms with van der Waals surface area (Å²) in [6.07, 6.45) is 1.47. The molecule has 2 radical (unpaired) electrons. The second kappa shape index (κ2) is 3.85. The number of hydrogen-bond acceptors (Lipinski definition) is 3. The molecule has 0 amide bonds. The van der Waals surface area contributed by atoms with Crippen LogP contribution >= 0.6 is 11.6 Å². The number of H-pyrrole nitrogens is 1. The number of aromatic nitrogens is 4. The molecule has 17 heavy (non-hydrogen) atoms. The highest BCUT2D eigenvalue weighted by Crippen LogP contribution is 2.23. The third-order valence-corrected chi connectivity index (χ3v) is 2.59. The molecule has 3 rings (SSSR count). The monoisotopic (exact) mass is 240 g/mol. The quantitative estimate of drug-likeness (QED) is 0.655. The largest absolute Gasteiger partial charge is 0.273 e. The van der Waals surface area contributed by atoms with Crippen molar-refractivity contribution in [2.45, 2.75) is 0 Å². The summed E-state index contributed by atoms with van der Waals surface area (Å²) < 4.78 is 0. The molecule has 6 heteroatoms. The van der Waals surface area contributed by atoms with E-state index in [0.29, 0.717) is 21.8 Å². The molecule has 0 spiro atoms. The number of nitrogens with zero attached hydrogens (tertiary/aromatic N) is 3.